The van der Waals surface area contributed by atoms with E-state index in [0.717, 1.165) is 5.56 Å². The molecular weight excluding hydrogens is 274 g/mol. The van der Waals surface area contributed by atoms with Crippen molar-refractivity contribution in [2.75, 3.05) is 5.32 Å². The Hall–Kier alpha value is -2.83. The summed E-state index contributed by atoms with van der Waals surface area (Å²) in [5, 5.41) is 2.50. The first-order chi connectivity index (χ1) is 10.0. The van der Waals surface area contributed by atoms with Crippen LogP contribution in [0.15, 0.2) is 33.9 Å². The van der Waals surface area contributed by atoms with Gasteiger partial charge in [0.2, 0.25) is 0 Å². The number of nitrogens with one attached hydrogen (secondary N) is 3. The van der Waals surface area contributed by atoms with Crippen LogP contribution in [-0.4, -0.2) is 22.0 Å². The first-order valence-corrected chi connectivity index (χ1v) is 6.43. The molecule has 0 saturated carbocycles. The van der Waals surface area contributed by atoms with Crippen molar-refractivity contribution in [2.24, 2.45) is 0 Å². The van der Waals surface area contributed by atoms with Crippen molar-refractivity contribution in [3.8, 4) is 5.75 Å². The fraction of sp³-hybridized carbons (Fsp3) is 0.214. The maximum atomic E-state index is 12.2. The molecule has 1 unspecified atom stereocenters. The maximum absolute atomic E-state index is 12.2. The lowest BCUT2D eigenvalue weighted by Gasteiger charge is -2.11. The van der Waals surface area contributed by atoms with Gasteiger partial charge in [-0.15, -0.1) is 0 Å². The fourth-order valence-electron chi connectivity index (χ4n) is 2.28. The normalized spacial score (nSPS) is 16.1. The van der Waals surface area contributed by atoms with Crippen LogP contribution in [0.4, 0.5) is 5.69 Å². The number of H-pyrrole nitrogens is 2. The Labute approximate surface area is 119 Å². The number of carbonyl (C=O) groups is 1. The number of aromatic amines is 2. The molecule has 7 heteroatoms. The summed E-state index contributed by atoms with van der Waals surface area (Å²) >= 11 is 0. The average molecular weight is 287 g/mol. The lowest BCUT2D eigenvalue weighted by atomic mass is 10.1. The summed E-state index contributed by atoms with van der Waals surface area (Å²) in [4.78, 5) is 39.5. The number of aromatic nitrogens is 2. The molecule has 3 N–H and O–H groups in total. The molecule has 0 spiro atoms. The lowest BCUT2D eigenvalue weighted by Crippen LogP contribution is -2.35. The molecule has 0 saturated heterocycles. The Morgan fingerprint density at radius 2 is 2.05 bits per heavy atom. The standard InChI is InChI=1S/C14H13N3O4/c1-7-11(13(19)17-14(20)15-7)16-12(18)10-6-8-4-2-3-5-9(8)21-10/h2-5,10H,6H2,1H3,(H,16,18)(H2,15,17,19,20). The molecule has 0 aliphatic carbocycles. The van der Waals surface area contributed by atoms with Crippen LogP contribution in [0.2, 0.25) is 0 Å². The van der Waals surface area contributed by atoms with E-state index in [4.69, 9.17) is 4.74 Å². The monoisotopic (exact) mass is 287 g/mol. The Morgan fingerprint density at radius 1 is 1.29 bits per heavy atom. The zero-order valence-corrected chi connectivity index (χ0v) is 11.2. The van der Waals surface area contributed by atoms with Gasteiger partial charge >= 0.3 is 5.69 Å². The van der Waals surface area contributed by atoms with Gasteiger partial charge < -0.3 is 15.0 Å². The van der Waals surface area contributed by atoms with Crippen molar-refractivity contribution in [2.45, 2.75) is 19.4 Å². The van der Waals surface area contributed by atoms with Crippen molar-refractivity contribution >= 4 is 11.6 Å². The molecule has 1 atom stereocenters. The van der Waals surface area contributed by atoms with Crippen LogP contribution < -0.4 is 21.3 Å². The number of aryl methyl sites for hydroxylation is 1. The predicted molar refractivity (Wildman–Crippen MR) is 75.6 cm³/mol. The predicted octanol–water partition coefficient (Wildman–Crippen LogP) is 0.314. The van der Waals surface area contributed by atoms with Gasteiger partial charge in [-0.05, 0) is 18.6 Å². The van der Waals surface area contributed by atoms with Crippen molar-refractivity contribution in [3.05, 3.63) is 56.4 Å². The van der Waals surface area contributed by atoms with Crippen LogP contribution in [0.5, 0.6) is 5.75 Å². The Balaban J connectivity index is 1.80. The fourth-order valence-corrected chi connectivity index (χ4v) is 2.28. The first kappa shape index (κ1) is 13.2. The minimum absolute atomic E-state index is 0.0270. The highest BCUT2D eigenvalue weighted by molar-refractivity contribution is 5.95. The van der Waals surface area contributed by atoms with Crippen LogP contribution in [0.25, 0.3) is 0 Å². The van der Waals surface area contributed by atoms with Crippen LogP contribution in [0.3, 0.4) is 0 Å². The van der Waals surface area contributed by atoms with Crippen molar-refractivity contribution < 1.29 is 9.53 Å². The lowest BCUT2D eigenvalue weighted by molar-refractivity contribution is -0.122. The number of rotatable bonds is 2. The number of carbonyl (C=O) groups excluding carboxylic acids is 1. The molecule has 0 fully saturated rings. The van der Waals surface area contributed by atoms with Crippen LogP contribution in [0, 0.1) is 6.92 Å². The summed E-state index contributed by atoms with van der Waals surface area (Å²) in [6.07, 6.45) is -0.240. The zero-order chi connectivity index (χ0) is 15.0. The van der Waals surface area contributed by atoms with Gasteiger partial charge in [0, 0.05) is 12.1 Å². The topological polar surface area (TPSA) is 104 Å². The summed E-state index contributed by atoms with van der Waals surface area (Å²) in [6, 6.07) is 7.39. The average Bonchev–Trinajstić information content (AvgIpc) is 2.86. The Kier molecular flexibility index (Phi) is 3.09. The van der Waals surface area contributed by atoms with E-state index in [-0.39, 0.29) is 5.69 Å². The summed E-state index contributed by atoms with van der Waals surface area (Å²) < 4.78 is 5.55. The Bertz CT molecular complexity index is 796. The quantitative estimate of drug-likeness (QED) is 0.739. The van der Waals surface area contributed by atoms with Crippen molar-refractivity contribution in [1.82, 2.24) is 9.97 Å². The van der Waals surface area contributed by atoms with Gasteiger partial charge in [-0.2, -0.15) is 0 Å². The highest BCUT2D eigenvalue weighted by atomic mass is 16.5. The number of benzene rings is 1. The molecule has 7 nitrogen and oxygen atoms in total. The summed E-state index contributed by atoms with van der Waals surface area (Å²) in [7, 11) is 0. The van der Waals surface area contributed by atoms with Gasteiger partial charge in [-0.25, -0.2) is 4.79 Å². The molecule has 21 heavy (non-hydrogen) atoms. The van der Waals surface area contributed by atoms with E-state index < -0.39 is 23.3 Å². The molecule has 0 bridgehead atoms. The maximum Gasteiger partial charge on any atom is 0.326 e. The number of anilines is 1. The minimum atomic E-state index is -0.687. The molecule has 0 radical (unpaired) electrons. The zero-order valence-electron chi connectivity index (χ0n) is 11.2. The third-order valence-corrected chi connectivity index (χ3v) is 3.32. The number of amides is 1. The Morgan fingerprint density at radius 3 is 2.76 bits per heavy atom. The van der Waals surface area contributed by atoms with E-state index >= 15 is 0 Å². The summed E-state index contributed by atoms with van der Waals surface area (Å²) in [5.41, 5.74) is 0.0247. The van der Waals surface area contributed by atoms with Gasteiger partial charge in [0.05, 0.1) is 0 Å². The van der Waals surface area contributed by atoms with Gasteiger partial charge in [-0.1, -0.05) is 18.2 Å². The SMILES string of the molecule is Cc1[nH]c(=O)[nH]c(=O)c1NC(=O)C1Cc2ccccc2O1. The van der Waals surface area contributed by atoms with E-state index in [2.05, 4.69) is 15.3 Å². The summed E-state index contributed by atoms with van der Waals surface area (Å²) in [5.74, 6) is 0.247. The van der Waals surface area contributed by atoms with Crippen LogP contribution in [-0.2, 0) is 11.2 Å². The number of para-hydroxylation sites is 1. The number of fused-ring (bicyclic) bond motifs is 1. The number of hydrogen-bond donors (Lipinski definition) is 3. The minimum Gasteiger partial charge on any atom is -0.480 e. The molecular formula is C14H13N3O4. The molecule has 2 heterocycles. The van der Waals surface area contributed by atoms with Gasteiger partial charge in [0.15, 0.2) is 6.10 Å². The molecule has 1 aliphatic heterocycles. The second kappa shape index (κ2) is 4.93. The van der Waals surface area contributed by atoms with E-state index in [1.807, 2.05) is 18.2 Å². The van der Waals surface area contributed by atoms with E-state index in [9.17, 15) is 14.4 Å². The highest BCUT2D eigenvalue weighted by Crippen LogP contribution is 2.28. The van der Waals surface area contributed by atoms with Gasteiger partial charge in [0.1, 0.15) is 11.4 Å². The molecule has 108 valence electrons. The second-order valence-corrected chi connectivity index (χ2v) is 4.82. The van der Waals surface area contributed by atoms with Gasteiger partial charge in [0.25, 0.3) is 11.5 Å². The van der Waals surface area contributed by atoms with E-state index in [0.29, 0.717) is 17.9 Å². The van der Waals surface area contributed by atoms with Crippen LogP contribution >= 0.6 is 0 Å². The third kappa shape index (κ3) is 2.45. The molecule has 1 aliphatic rings. The van der Waals surface area contributed by atoms with E-state index in [1.165, 1.54) is 6.92 Å². The van der Waals surface area contributed by atoms with Gasteiger partial charge in [-0.3, -0.25) is 14.6 Å². The first-order valence-electron chi connectivity index (χ1n) is 6.43. The smallest absolute Gasteiger partial charge is 0.326 e. The van der Waals surface area contributed by atoms with Crippen LogP contribution in [0.1, 0.15) is 11.3 Å². The highest BCUT2D eigenvalue weighted by Gasteiger charge is 2.29. The number of ether oxygens (including phenoxy) is 1. The number of hydrogen-bond acceptors (Lipinski definition) is 4. The largest absolute Gasteiger partial charge is 0.480 e. The van der Waals surface area contributed by atoms with Crippen molar-refractivity contribution in [1.29, 1.82) is 0 Å². The molecule has 1 aromatic carbocycles. The molecule has 1 aromatic heterocycles. The molecule has 1 amide bonds. The third-order valence-electron chi connectivity index (χ3n) is 3.32. The second-order valence-electron chi connectivity index (χ2n) is 4.82. The van der Waals surface area contributed by atoms with E-state index in [1.54, 1.807) is 6.07 Å². The van der Waals surface area contributed by atoms with Crippen molar-refractivity contribution in [3.63, 3.8) is 0 Å². The molecule has 2 aromatic rings. The summed E-state index contributed by atoms with van der Waals surface area (Å²) in [6.45, 7) is 1.54. The molecule has 3 rings (SSSR count).